The second-order valence-corrected chi connectivity index (χ2v) is 4.55. The van der Waals surface area contributed by atoms with Crippen LogP contribution >= 0.6 is 11.6 Å². The highest BCUT2D eigenvalue weighted by atomic mass is 35.5. The van der Waals surface area contributed by atoms with Gasteiger partial charge in [0.1, 0.15) is 11.4 Å². The van der Waals surface area contributed by atoms with Crippen LogP contribution in [0.2, 0.25) is 5.02 Å². The van der Waals surface area contributed by atoms with Crippen LogP contribution in [0.4, 0.5) is 14.9 Å². The molecule has 2 amide bonds. The molecule has 18 heavy (non-hydrogen) atoms. The van der Waals surface area contributed by atoms with Crippen molar-refractivity contribution in [2.75, 3.05) is 5.32 Å². The third-order valence-electron chi connectivity index (χ3n) is 2.14. The molecule has 0 aliphatic heterocycles. The van der Waals surface area contributed by atoms with E-state index in [1.54, 1.807) is 0 Å². The highest BCUT2D eigenvalue weighted by Crippen LogP contribution is 2.18. The molecule has 0 aromatic heterocycles. The number of aliphatic carboxylic acids is 1. The Kier molecular flexibility index (Phi) is 4.13. The monoisotopic (exact) mass is 274 g/mol. The second kappa shape index (κ2) is 5.22. The fourth-order valence-electron chi connectivity index (χ4n) is 1.07. The first kappa shape index (κ1) is 14.2. The number of urea groups is 1. The van der Waals surface area contributed by atoms with Crippen LogP contribution in [0.1, 0.15) is 13.8 Å². The molecular formula is C11H12ClFN2O3. The van der Waals surface area contributed by atoms with Crippen LogP contribution in [0.5, 0.6) is 0 Å². The SMILES string of the molecule is CC(C)(NC(=O)Nc1ccc(Cl)c(F)c1)C(=O)O. The van der Waals surface area contributed by atoms with Gasteiger partial charge in [0.15, 0.2) is 0 Å². The van der Waals surface area contributed by atoms with E-state index in [1.807, 2.05) is 0 Å². The molecule has 0 saturated carbocycles. The highest BCUT2D eigenvalue weighted by Gasteiger charge is 2.28. The first-order valence-corrected chi connectivity index (χ1v) is 5.38. The first-order valence-electron chi connectivity index (χ1n) is 5.00. The number of carboxylic acids is 1. The van der Waals surface area contributed by atoms with E-state index < -0.39 is 23.4 Å². The predicted molar refractivity (Wildman–Crippen MR) is 65.3 cm³/mol. The number of carbonyl (C=O) groups excluding carboxylic acids is 1. The van der Waals surface area contributed by atoms with E-state index in [4.69, 9.17) is 16.7 Å². The van der Waals surface area contributed by atoms with Gasteiger partial charge in [-0.2, -0.15) is 0 Å². The lowest BCUT2D eigenvalue weighted by Crippen LogP contribution is -2.51. The van der Waals surface area contributed by atoms with Gasteiger partial charge >= 0.3 is 12.0 Å². The normalized spacial score (nSPS) is 10.9. The van der Waals surface area contributed by atoms with Crippen LogP contribution in [0, 0.1) is 5.82 Å². The van der Waals surface area contributed by atoms with Crippen LogP contribution in [0.25, 0.3) is 0 Å². The van der Waals surface area contributed by atoms with E-state index in [1.165, 1.54) is 26.0 Å². The molecule has 0 saturated heterocycles. The Balaban J connectivity index is 2.71. The van der Waals surface area contributed by atoms with Gasteiger partial charge in [-0.3, -0.25) is 0 Å². The minimum Gasteiger partial charge on any atom is -0.480 e. The quantitative estimate of drug-likeness (QED) is 0.792. The molecule has 0 spiro atoms. The maximum Gasteiger partial charge on any atom is 0.328 e. The van der Waals surface area contributed by atoms with E-state index >= 15 is 0 Å². The van der Waals surface area contributed by atoms with Crippen molar-refractivity contribution in [3.05, 3.63) is 29.0 Å². The molecule has 1 aromatic rings. The van der Waals surface area contributed by atoms with Gasteiger partial charge in [-0.05, 0) is 32.0 Å². The Morgan fingerprint density at radius 2 is 2.00 bits per heavy atom. The van der Waals surface area contributed by atoms with E-state index in [9.17, 15) is 14.0 Å². The number of rotatable bonds is 3. The summed E-state index contributed by atoms with van der Waals surface area (Å²) in [6.45, 7) is 2.66. The Labute approximate surface area is 108 Å². The maximum absolute atomic E-state index is 13.1. The summed E-state index contributed by atoms with van der Waals surface area (Å²) >= 11 is 5.48. The molecule has 0 unspecified atom stereocenters. The molecule has 7 heteroatoms. The lowest BCUT2D eigenvalue weighted by Gasteiger charge is -2.21. The summed E-state index contributed by atoms with van der Waals surface area (Å²) in [6, 6.07) is 2.98. The van der Waals surface area contributed by atoms with E-state index in [0.717, 1.165) is 6.07 Å². The Bertz CT molecular complexity index is 491. The molecule has 1 rings (SSSR count). The minimum absolute atomic E-state index is 0.0631. The van der Waals surface area contributed by atoms with Gasteiger partial charge in [0.25, 0.3) is 0 Å². The van der Waals surface area contributed by atoms with E-state index in [-0.39, 0.29) is 10.7 Å². The maximum atomic E-state index is 13.1. The summed E-state index contributed by atoms with van der Waals surface area (Å²) in [5.41, 5.74) is -1.25. The zero-order chi connectivity index (χ0) is 13.9. The molecular weight excluding hydrogens is 263 g/mol. The summed E-state index contributed by atoms with van der Waals surface area (Å²) in [6.07, 6.45) is 0. The van der Waals surface area contributed by atoms with Crippen LogP contribution in [0.15, 0.2) is 18.2 Å². The average molecular weight is 275 g/mol. The molecule has 3 N–H and O–H groups in total. The molecule has 0 aliphatic carbocycles. The summed E-state index contributed by atoms with van der Waals surface area (Å²) in [4.78, 5) is 22.3. The minimum atomic E-state index is -1.42. The number of hydrogen-bond acceptors (Lipinski definition) is 2. The Morgan fingerprint density at radius 1 is 1.39 bits per heavy atom. The van der Waals surface area contributed by atoms with E-state index in [2.05, 4.69) is 10.6 Å². The van der Waals surface area contributed by atoms with Crippen LogP contribution in [-0.4, -0.2) is 22.6 Å². The van der Waals surface area contributed by atoms with Crippen molar-refractivity contribution < 1.29 is 19.1 Å². The van der Waals surface area contributed by atoms with Crippen molar-refractivity contribution >= 4 is 29.3 Å². The molecule has 0 bridgehead atoms. The largest absolute Gasteiger partial charge is 0.480 e. The first-order chi connectivity index (χ1) is 8.22. The summed E-state index contributed by atoms with van der Waals surface area (Å²) < 4.78 is 13.1. The number of carbonyl (C=O) groups is 2. The average Bonchev–Trinajstić information content (AvgIpc) is 2.22. The molecule has 98 valence electrons. The molecule has 1 aromatic carbocycles. The zero-order valence-corrected chi connectivity index (χ0v) is 10.5. The van der Waals surface area contributed by atoms with Crippen molar-refractivity contribution in [1.29, 1.82) is 0 Å². The lowest BCUT2D eigenvalue weighted by molar-refractivity contribution is -0.142. The number of anilines is 1. The molecule has 0 atom stereocenters. The summed E-state index contributed by atoms with van der Waals surface area (Å²) in [5.74, 6) is -1.85. The summed E-state index contributed by atoms with van der Waals surface area (Å²) in [7, 11) is 0. The molecule has 0 fully saturated rings. The van der Waals surface area contributed by atoms with Gasteiger partial charge in [0, 0.05) is 5.69 Å². The van der Waals surface area contributed by atoms with Gasteiger partial charge in [-0.25, -0.2) is 14.0 Å². The number of nitrogens with one attached hydrogen (secondary N) is 2. The smallest absolute Gasteiger partial charge is 0.328 e. The van der Waals surface area contributed by atoms with Gasteiger partial charge in [-0.15, -0.1) is 0 Å². The van der Waals surface area contributed by atoms with Crippen LogP contribution in [0.3, 0.4) is 0 Å². The van der Waals surface area contributed by atoms with E-state index in [0.29, 0.717) is 0 Å². The number of hydrogen-bond donors (Lipinski definition) is 3. The highest BCUT2D eigenvalue weighted by molar-refractivity contribution is 6.30. The number of carboxylic acid groups (broad SMARTS) is 1. The fourth-order valence-corrected chi connectivity index (χ4v) is 1.19. The third kappa shape index (κ3) is 3.59. The number of halogens is 2. The van der Waals surface area contributed by atoms with Gasteiger partial charge in [0.2, 0.25) is 0 Å². The summed E-state index contributed by atoms with van der Waals surface area (Å²) in [5, 5.41) is 13.3. The van der Waals surface area contributed by atoms with Crippen molar-refractivity contribution in [2.45, 2.75) is 19.4 Å². The molecule has 0 radical (unpaired) electrons. The third-order valence-corrected chi connectivity index (χ3v) is 2.44. The molecule has 5 nitrogen and oxygen atoms in total. The lowest BCUT2D eigenvalue weighted by atomic mass is 10.1. The van der Waals surface area contributed by atoms with Crippen molar-refractivity contribution in [3.8, 4) is 0 Å². The van der Waals surface area contributed by atoms with Crippen molar-refractivity contribution in [2.24, 2.45) is 0 Å². The van der Waals surface area contributed by atoms with Gasteiger partial charge in [-0.1, -0.05) is 11.6 Å². The Morgan fingerprint density at radius 3 is 2.50 bits per heavy atom. The molecule has 0 aliphatic rings. The van der Waals surface area contributed by atoms with Crippen LogP contribution < -0.4 is 10.6 Å². The van der Waals surface area contributed by atoms with Crippen LogP contribution in [-0.2, 0) is 4.79 Å². The van der Waals surface area contributed by atoms with Gasteiger partial charge < -0.3 is 15.7 Å². The van der Waals surface area contributed by atoms with Gasteiger partial charge in [0.05, 0.1) is 5.02 Å². The zero-order valence-electron chi connectivity index (χ0n) is 9.75. The topological polar surface area (TPSA) is 78.4 Å². The van der Waals surface area contributed by atoms with Crippen molar-refractivity contribution in [3.63, 3.8) is 0 Å². The molecule has 0 heterocycles. The standard InChI is InChI=1S/C11H12ClFN2O3/c1-11(2,9(16)17)15-10(18)14-6-3-4-7(12)8(13)5-6/h3-5H,1-2H3,(H,16,17)(H2,14,15,18). The number of amides is 2. The fraction of sp³-hybridized carbons (Fsp3) is 0.273. The van der Waals surface area contributed by atoms with Crippen molar-refractivity contribution in [1.82, 2.24) is 5.32 Å². The number of benzene rings is 1. The Hall–Kier alpha value is -1.82. The second-order valence-electron chi connectivity index (χ2n) is 4.14. The predicted octanol–water partition coefficient (Wildman–Crippen LogP) is 2.46.